The Labute approximate surface area is 182 Å². The number of benzene rings is 1. The smallest absolute Gasteiger partial charge is 0.240 e. The first-order valence-electron chi connectivity index (χ1n) is 10.8. The molecule has 168 valence electrons. The van der Waals surface area contributed by atoms with Gasteiger partial charge >= 0.3 is 0 Å². The van der Waals surface area contributed by atoms with Crippen LogP contribution in [0.2, 0.25) is 0 Å². The molecule has 0 spiro atoms. The summed E-state index contributed by atoms with van der Waals surface area (Å²) in [5.41, 5.74) is 7.48. The van der Waals surface area contributed by atoms with Crippen LogP contribution in [0, 0.1) is 5.92 Å². The molecule has 4 atom stereocenters. The number of ether oxygens (including phenoxy) is 1. The number of nitrogens with zero attached hydrogens (tertiary/aromatic N) is 1. The van der Waals surface area contributed by atoms with Crippen LogP contribution in [0.5, 0.6) is 0 Å². The third-order valence-corrected chi connectivity index (χ3v) is 6.24. The number of nitrogens with two attached hydrogens (primary N) is 1. The molecule has 1 aromatic carbocycles. The van der Waals surface area contributed by atoms with Crippen molar-refractivity contribution in [3.63, 3.8) is 0 Å². The molecule has 0 bridgehead atoms. The van der Waals surface area contributed by atoms with Crippen LogP contribution >= 0.6 is 0 Å². The van der Waals surface area contributed by atoms with Crippen molar-refractivity contribution in [2.24, 2.45) is 11.7 Å². The molecule has 3 amide bonds. The number of carbonyl (C=O) groups excluding carboxylic acids is 3. The van der Waals surface area contributed by atoms with Crippen molar-refractivity contribution < 1.29 is 19.1 Å². The zero-order chi connectivity index (χ0) is 22.5. The van der Waals surface area contributed by atoms with Crippen LogP contribution in [0.25, 0.3) is 10.9 Å². The standard InChI is InChI=1S/C23H32N4O4/c1-4-20(28)27-11-7-10-19(27)21(31-3)14(2)23(30)26-18(22(24)29)12-15-13-25-17-9-6-5-8-16(15)17/h5-6,8-9,13-14,18-19,21,25H,4,7,10-12H2,1-3H3,(H2,24,29)(H,26,30)/t14-,18+,19+,21-/m1/s1. The van der Waals surface area contributed by atoms with Crippen molar-refractivity contribution in [3.8, 4) is 0 Å². The van der Waals surface area contributed by atoms with Crippen LogP contribution in [0.15, 0.2) is 30.5 Å². The summed E-state index contributed by atoms with van der Waals surface area (Å²) in [5, 5.41) is 3.80. The predicted octanol–water partition coefficient (Wildman–Crippen LogP) is 1.73. The van der Waals surface area contributed by atoms with E-state index in [1.807, 2.05) is 42.3 Å². The highest BCUT2D eigenvalue weighted by Gasteiger charge is 2.39. The van der Waals surface area contributed by atoms with Crippen LogP contribution in [0.4, 0.5) is 0 Å². The second-order valence-corrected chi connectivity index (χ2v) is 8.17. The van der Waals surface area contributed by atoms with Gasteiger partial charge in [0.05, 0.1) is 18.1 Å². The van der Waals surface area contributed by atoms with Gasteiger partial charge < -0.3 is 25.7 Å². The molecule has 4 N–H and O–H groups in total. The Morgan fingerprint density at radius 3 is 2.74 bits per heavy atom. The van der Waals surface area contributed by atoms with Gasteiger partial charge in [0.15, 0.2) is 0 Å². The SMILES string of the molecule is CCC(=O)N1CCC[C@H]1[C@H](OC)[C@@H](C)C(=O)N[C@@H](Cc1c[nH]c2ccccc12)C(N)=O. The number of aromatic amines is 1. The quantitative estimate of drug-likeness (QED) is 0.564. The lowest BCUT2D eigenvalue weighted by Gasteiger charge is -2.34. The Hall–Kier alpha value is -2.87. The fourth-order valence-electron chi connectivity index (χ4n) is 4.54. The number of likely N-dealkylation sites (tertiary alicyclic amines) is 1. The van der Waals surface area contributed by atoms with Crippen LogP contribution < -0.4 is 11.1 Å². The molecule has 8 nitrogen and oxygen atoms in total. The molecule has 1 aromatic heterocycles. The molecule has 0 radical (unpaired) electrons. The van der Waals surface area contributed by atoms with E-state index in [2.05, 4.69) is 10.3 Å². The maximum absolute atomic E-state index is 13.0. The first kappa shape index (κ1) is 22.8. The number of aromatic nitrogens is 1. The van der Waals surface area contributed by atoms with Gasteiger partial charge in [0.1, 0.15) is 6.04 Å². The predicted molar refractivity (Wildman–Crippen MR) is 118 cm³/mol. The minimum atomic E-state index is -0.844. The van der Waals surface area contributed by atoms with Gasteiger partial charge in [-0.15, -0.1) is 0 Å². The van der Waals surface area contributed by atoms with Crippen molar-refractivity contribution in [2.45, 2.75) is 57.7 Å². The van der Waals surface area contributed by atoms with E-state index in [1.54, 1.807) is 14.0 Å². The molecule has 2 aromatic rings. The van der Waals surface area contributed by atoms with Gasteiger partial charge in [0.2, 0.25) is 17.7 Å². The summed E-state index contributed by atoms with van der Waals surface area (Å²) in [6.45, 7) is 4.27. The summed E-state index contributed by atoms with van der Waals surface area (Å²) in [4.78, 5) is 42.4. The fraction of sp³-hybridized carbons (Fsp3) is 0.522. The van der Waals surface area contributed by atoms with Crippen LogP contribution in [0.3, 0.4) is 0 Å². The number of nitrogens with one attached hydrogen (secondary N) is 2. The highest BCUT2D eigenvalue weighted by Crippen LogP contribution is 2.27. The first-order chi connectivity index (χ1) is 14.9. The molecular formula is C23H32N4O4. The Balaban J connectivity index is 1.72. The van der Waals surface area contributed by atoms with Gasteiger partial charge in [-0.3, -0.25) is 14.4 Å². The Kier molecular flexibility index (Phi) is 7.33. The largest absolute Gasteiger partial charge is 0.378 e. The van der Waals surface area contributed by atoms with E-state index in [-0.39, 0.29) is 17.9 Å². The molecule has 0 saturated carbocycles. The minimum absolute atomic E-state index is 0.0616. The number of hydrogen-bond acceptors (Lipinski definition) is 4. The summed E-state index contributed by atoms with van der Waals surface area (Å²) in [7, 11) is 1.55. The van der Waals surface area contributed by atoms with Gasteiger partial charge in [-0.2, -0.15) is 0 Å². The second-order valence-electron chi connectivity index (χ2n) is 8.17. The van der Waals surface area contributed by atoms with Gasteiger partial charge in [-0.25, -0.2) is 0 Å². The zero-order valence-electron chi connectivity index (χ0n) is 18.4. The average Bonchev–Trinajstić information content (AvgIpc) is 3.40. The van der Waals surface area contributed by atoms with Crippen molar-refractivity contribution in [1.82, 2.24) is 15.2 Å². The van der Waals surface area contributed by atoms with Crippen molar-refractivity contribution in [2.75, 3.05) is 13.7 Å². The number of primary amides is 1. The summed E-state index contributed by atoms with van der Waals surface area (Å²) in [6.07, 6.45) is 3.76. The number of fused-ring (bicyclic) bond motifs is 1. The summed E-state index contributed by atoms with van der Waals surface area (Å²) >= 11 is 0. The monoisotopic (exact) mass is 428 g/mol. The van der Waals surface area contributed by atoms with Crippen LogP contribution in [0.1, 0.15) is 38.7 Å². The van der Waals surface area contributed by atoms with E-state index in [4.69, 9.17) is 10.5 Å². The molecule has 1 aliphatic rings. The maximum atomic E-state index is 13.0. The fourth-order valence-corrected chi connectivity index (χ4v) is 4.54. The zero-order valence-corrected chi connectivity index (χ0v) is 18.4. The lowest BCUT2D eigenvalue weighted by atomic mass is 9.94. The Morgan fingerprint density at radius 1 is 1.32 bits per heavy atom. The number of amides is 3. The maximum Gasteiger partial charge on any atom is 0.240 e. The third-order valence-electron chi connectivity index (χ3n) is 6.24. The number of para-hydroxylation sites is 1. The van der Waals surface area contributed by atoms with Gasteiger partial charge in [-0.05, 0) is 24.5 Å². The normalized spacial score (nSPS) is 19.2. The molecule has 1 fully saturated rings. The number of rotatable bonds is 9. The molecule has 31 heavy (non-hydrogen) atoms. The number of H-pyrrole nitrogens is 1. The molecule has 2 heterocycles. The highest BCUT2D eigenvalue weighted by molar-refractivity contribution is 5.89. The van der Waals surface area contributed by atoms with E-state index in [0.717, 1.165) is 29.3 Å². The Morgan fingerprint density at radius 2 is 2.06 bits per heavy atom. The van der Waals surface area contributed by atoms with E-state index >= 15 is 0 Å². The molecule has 1 saturated heterocycles. The van der Waals surface area contributed by atoms with E-state index in [0.29, 0.717) is 19.4 Å². The van der Waals surface area contributed by atoms with Crippen molar-refractivity contribution in [3.05, 3.63) is 36.0 Å². The summed E-state index contributed by atoms with van der Waals surface area (Å²) < 4.78 is 5.67. The van der Waals surface area contributed by atoms with Gasteiger partial charge in [0.25, 0.3) is 0 Å². The van der Waals surface area contributed by atoms with Crippen LogP contribution in [-0.4, -0.2) is 59.4 Å². The van der Waals surface area contributed by atoms with Crippen molar-refractivity contribution in [1.29, 1.82) is 0 Å². The lowest BCUT2D eigenvalue weighted by molar-refractivity contribution is -0.140. The van der Waals surface area contributed by atoms with E-state index < -0.39 is 24.0 Å². The topological polar surface area (TPSA) is 118 Å². The number of hydrogen-bond donors (Lipinski definition) is 3. The van der Waals surface area contributed by atoms with Gasteiger partial charge in [0, 0.05) is 43.6 Å². The molecule has 0 unspecified atom stereocenters. The van der Waals surface area contributed by atoms with Gasteiger partial charge in [-0.1, -0.05) is 32.0 Å². The molecule has 3 rings (SSSR count). The molecular weight excluding hydrogens is 396 g/mol. The summed E-state index contributed by atoms with van der Waals surface area (Å²) in [6, 6.07) is 6.77. The first-order valence-corrected chi connectivity index (χ1v) is 10.8. The van der Waals surface area contributed by atoms with E-state index in [9.17, 15) is 14.4 Å². The number of methoxy groups -OCH3 is 1. The summed E-state index contributed by atoms with van der Waals surface area (Å²) in [5.74, 6) is -1.40. The Bertz CT molecular complexity index is 941. The second kappa shape index (κ2) is 9.96. The third kappa shape index (κ3) is 4.90. The van der Waals surface area contributed by atoms with Crippen LogP contribution in [-0.2, 0) is 25.5 Å². The van der Waals surface area contributed by atoms with E-state index in [1.165, 1.54) is 0 Å². The van der Waals surface area contributed by atoms with Crippen molar-refractivity contribution >= 4 is 28.6 Å². The molecule has 0 aliphatic carbocycles. The molecule has 8 heteroatoms. The highest BCUT2D eigenvalue weighted by atomic mass is 16.5. The minimum Gasteiger partial charge on any atom is -0.378 e. The molecule has 1 aliphatic heterocycles. The number of carbonyl (C=O) groups is 3. The lowest BCUT2D eigenvalue weighted by Crippen LogP contribution is -2.53. The average molecular weight is 429 g/mol.